The summed E-state index contributed by atoms with van der Waals surface area (Å²) in [5.74, 6) is -0.362. The second-order valence-electron chi connectivity index (χ2n) is 10.6. The summed E-state index contributed by atoms with van der Waals surface area (Å²) in [6.45, 7) is 14.8. The van der Waals surface area contributed by atoms with Crippen LogP contribution in [-0.2, 0) is 13.9 Å². The number of methoxy groups -OCH3 is 1. The van der Waals surface area contributed by atoms with Gasteiger partial charge in [-0.25, -0.2) is 4.98 Å². The summed E-state index contributed by atoms with van der Waals surface area (Å²) < 4.78 is 35.7. The molecule has 1 N–H and O–H groups in total. The fourth-order valence-corrected chi connectivity index (χ4v) is 5.80. The van der Waals surface area contributed by atoms with Crippen LogP contribution in [0.5, 0.6) is 17.4 Å². The van der Waals surface area contributed by atoms with E-state index < -0.39 is 26.3 Å². The molecule has 0 unspecified atom stereocenters. The molecule has 0 radical (unpaired) electrons. The fraction of sp³-hybridized carbons (Fsp3) is 0.652. The standard InChI is InChI=1S/C23H33BrN2O7Si/c1-22(2,3)34(7,8)33-13-10-9-12(15-16(13)32-23(4,5)31-15)25-20(27)14-17(28-6)18-21(26-19(14)24)30-11-29-18/h9-10,12-13,15-16H,11H2,1-8H3,(H,25,27)/t12-,13+,15+,16-/m1/s1. The van der Waals surface area contributed by atoms with Gasteiger partial charge in [0.15, 0.2) is 19.9 Å². The molecule has 4 atom stereocenters. The van der Waals surface area contributed by atoms with Gasteiger partial charge >= 0.3 is 0 Å². The molecule has 0 aromatic carbocycles. The van der Waals surface area contributed by atoms with E-state index in [-0.39, 0.29) is 47.1 Å². The summed E-state index contributed by atoms with van der Waals surface area (Å²) in [5.41, 5.74) is 0.217. The number of hydrogen-bond acceptors (Lipinski definition) is 8. The number of fused-ring (bicyclic) bond motifs is 2. The number of hydrogen-bond donors (Lipinski definition) is 1. The minimum Gasteiger partial charge on any atom is -0.492 e. The molecule has 0 saturated carbocycles. The smallest absolute Gasteiger partial charge is 0.265 e. The van der Waals surface area contributed by atoms with Crippen molar-refractivity contribution in [3.05, 3.63) is 22.3 Å². The first-order chi connectivity index (χ1) is 15.7. The highest BCUT2D eigenvalue weighted by Gasteiger charge is 2.52. The first-order valence-corrected chi connectivity index (χ1v) is 15.0. The molecule has 9 nitrogen and oxygen atoms in total. The number of carbonyl (C=O) groups excluding carboxylic acids is 1. The summed E-state index contributed by atoms with van der Waals surface area (Å²) in [4.78, 5) is 17.7. The third-order valence-corrected chi connectivity index (χ3v) is 11.8. The van der Waals surface area contributed by atoms with E-state index in [0.717, 1.165) is 0 Å². The lowest BCUT2D eigenvalue weighted by Crippen LogP contribution is -2.55. The van der Waals surface area contributed by atoms with Crippen LogP contribution in [0.3, 0.4) is 0 Å². The van der Waals surface area contributed by atoms with Crippen molar-refractivity contribution in [3.8, 4) is 17.4 Å². The largest absolute Gasteiger partial charge is 0.492 e. The number of amides is 1. The summed E-state index contributed by atoms with van der Waals surface area (Å²) >= 11 is 3.37. The highest BCUT2D eigenvalue weighted by Crippen LogP contribution is 2.45. The zero-order valence-corrected chi connectivity index (χ0v) is 23.4. The van der Waals surface area contributed by atoms with Crippen LogP contribution in [-0.4, -0.2) is 63.3 Å². The van der Waals surface area contributed by atoms with E-state index in [1.165, 1.54) is 7.11 Å². The molecule has 1 fully saturated rings. The lowest BCUT2D eigenvalue weighted by atomic mass is 9.94. The molecule has 3 aliphatic rings. The van der Waals surface area contributed by atoms with E-state index in [1.807, 2.05) is 26.0 Å². The van der Waals surface area contributed by atoms with Crippen molar-refractivity contribution in [2.45, 2.75) is 82.9 Å². The number of nitrogens with zero attached hydrogens (tertiary/aromatic N) is 1. The van der Waals surface area contributed by atoms with Gasteiger partial charge in [-0.15, -0.1) is 0 Å². The predicted molar refractivity (Wildman–Crippen MR) is 131 cm³/mol. The molecule has 0 bridgehead atoms. The van der Waals surface area contributed by atoms with Crippen molar-refractivity contribution in [2.24, 2.45) is 0 Å². The highest BCUT2D eigenvalue weighted by molar-refractivity contribution is 9.10. The van der Waals surface area contributed by atoms with E-state index in [0.29, 0.717) is 10.4 Å². The maximum absolute atomic E-state index is 13.4. The van der Waals surface area contributed by atoms with Crippen LogP contribution in [0, 0.1) is 0 Å². The summed E-state index contributed by atoms with van der Waals surface area (Å²) in [6.07, 6.45) is 2.84. The minimum atomic E-state index is -2.07. The number of aromatic nitrogens is 1. The van der Waals surface area contributed by atoms with Crippen LogP contribution in [0.25, 0.3) is 0 Å². The van der Waals surface area contributed by atoms with Gasteiger partial charge in [-0.05, 0) is 47.9 Å². The predicted octanol–water partition coefficient (Wildman–Crippen LogP) is 4.16. The van der Waals surface area contributed by atoms with Crippen LogP contribution >= 0.6 is 15.9 Å². The molecule has 1 aromatic heterocycles. The van der Waals surface area contributed by atoms with E-state index in [1.54, 1.807) is 0 Å². The van der Waals surface area contributed by atoms with Crippen LogP contribution in [0.15, 0.2) is 16.8 Å². The van der Waals surface area contributed by atoms with Crippen molar-refractivity contribution < 1.29 is 32.9 Å². The number of nitrogens with one attached hydrogen (secondary N) is 1. The zero-order chi connectivity index (χ0) is 25.1. The number of carbonyl (C=O) groups is 1. The molecule has 0 spiro atoms. The van der Waals surface area contributed by atoms with Gasteiger partial charge in [0.05, 0.1) is 19.3 Å². The Labute approximate surface area is 209 Å². The van der Waals surface area contributed by atoms with E-state index in [4.69, 9.17) is 28.1 Å². The molecular formula is C23H33BrN2O7Si. The van der Waals surface area contributed by atoms with Gasteiger partial charge in [-0.1, -0.05) is 32.9 Å². The van der Waals surface area contributed by atoms with E-state index in [9.17, 15) is 4.79 Å². The molecular weight excluding hydrogens is 524 g/mol. The summed E-state index contributed by atoms with van der Waals surface area (Å²) in [6, 6.07) is -0.444. The van der Waals surface area contributed by atoms with Gasteiger partial charge in [-0.2, -0.15) is 0 Å². The quantitative estimate of drug-likeness (QED) is 0.328. The average Bonchev–Trinajstić information content (AvgIpc) is 3.30. The zero-order valence-electron chi connectivity index (χ0n) is 20.9. The highest BCUT2D eigenvalue weighted by atomic mass is 79.9. The molecule has 4 rings (SSSR count). The minimum absolute atomic E-state index is 0.0151. The van der Waals surface area contributed by atoms with Gasteiger partial charge in [0.2, 0.25) is 12.5 Å². The first-order valence-electron chi connectivity index (χ1n) is 11.3. The Morgan fingerprint density at radius 3 is 2.53 bits per heavy atom. The Kier molecular flexibility index (Phi) is 6.56. The maximum atomic E-state index is 13.4. The van der Waals surface area contributed by atoms with Crippen LogP contribution < -0.4 is 19.5 Å². The molecule has 1 saturated heterocycles. The molecule has 1 aliphatic carbocycles. The second kappa shape index (κ2) is 8.77. The Morgan fingerprint density at radius 2 is 1.88 bits per heavy atom. The Balaban J connectivity index is 1.61. The number of halogens is 1. The molecule has 3 heterocycles. The molecule has 188 valence electrons. The Morgan fingerprint density at radius 1 is 1.21 bits per heavy atom. The Bertz CT molecular complexity index is 1010. The van der Waals surface area contributed by atoms with Crippen molar-refractivity contribution in [2.75, 3.05) is 13.9 Å². The average molecular weight is 558 g/mol. The van der Waals surface area contributed by atoms with E-state index >= 15 is 0 Å². The third-order valence-electron chi connectivity index (χ3n) is 6.75. The number of ether oxygens (including phenoxy) is 5. The van der Waals surface area contributed by atoms with Gasteiger partial charge < -0.3 is 33.4 Å². The fourth-order valence-electron chi connectivity index (χ4n) is 4.04. The van der Waals surface area contributed by atoms with Gasteiger partial charge in [-0.3, -0.25) is 4.79 Å². The molecule has 34 heavy (non-hydrogen) atoms. The van der Waals surface area contributed by atoms with Crippen LogP contribution in [0.4, 0.5) is 0 Å². The number of rotatable bonds is 5. The Hall–Kier alpha value is -1.66. The molecule has 1 aromatic rings. The first kappa shape index (κ1) is 25.4. The van der Waals surface area contributed by atoms with Gasteiger partial charge in [0, 0.05) is 0 Å². The summed E-state index contributed by atoms with van der Waals surface area (Å²) in [5, 5.41) is 3.09. The molecule has 11 heteroatoms. The topological polar surface area (TPSA) is 97.4 Å². The SMILES string of the molecule is COc1c2c(nc(Br)c1C(=O)N[C@@H]1C=C[C@H](O[Si](C)(C)C(C)(C)C)[C@H]3OC(C)(C)O[C@H]31)OCO2. The second-order valence-corrected chi connectivity index (χ2v) is 16.2. The van der Waals surface area contributed by atoms with Gasteiger partial charge in [0.25, 0.3) is 11.8 Å². The van der Waals surface area contributed by atoms with Crippen molar-refractivity contribution in [3.63, 3.8) is 0 Å². The molecule has 2 aliphatic heterocycles. The van der Waals surface area contributed by atoms with Crippen molar-refractivity contribution >= 4 is 30.2 Å². The molecule has 1 amide bonds. The lowest BCUT2D eigenvalue weighted by Gasteiger charge is -2.42. The third kappa shape index (κ3) is 4.60. The normalized spacial score (nSPS) is 27.4. The van der Waals surface area contributed by atoms with Crippen molar-refractivity contribution in [1.29, 1.82) is 0 Å². The van der Waals surface area contributed by atoms with Crippen molar-refractivity contribution in [1.82, 2.24) is 10.3 Å². The van der Waals surface area contributed by atoms with Gasteiger partial charge in [0.1, 0.15) is 22.4 Å². The monoisotopic (exact) mass is 556 g/mol. The maximum Gasteiger partial charge on any atom is 0.265 e. The number of pyridine rings is 1. The summed E-state index contributed by atoms with van der Waals surface area (Å²) in [7, 11) is -0.597. The van der Waals surface area contributed by atoms with E-state index in [2.05, 4.69) is 60.1 Å². The van der Waals surface area contributed by atoms with Crippen LogP contribution in [0.1, 0.15) is 45.0 Å². The van der Waals surface area contributed by atoms with Crippen LogP contribution in [0.2, 0.25) is 18.1 Å². The lowest BCUT2D eigenvalue weighted by molar-refractivity contribution is -0.151.